The number of hydrogen-bond acceptors (Lipinski definition) is 5. The van der Waals surface area contributed by atoms with E-state index in [0.717, 1.165) is 36.9 Å². The van der Waals surface area contributed by atoms with Crippen molar-refractivity contribution in [2.24, 2.45) is 0 Å². The average Bonchev–Trinajstić information content (AvgIpc) is 3.03. The molecule has 9 heteroatoms. The number of likely N-dealkylation sites (N-methyl/N-ethyl adjacent to an activating group) is 1. The van der Waals surface area contributed by atoms with Gasteiger partial charge in [-0.15, -0.1) is 0 Å². The zero-order valence-corrected chi connectivity index (χ0v) is 21.0. The van der Waals surface area contributed by atoms with Gasteiger partial charge in [0.05, 0.1) is 31.5 Å². The minimum absolute atomic E-state index is 0.00108. The Labute approximate surface area is 205 Å². The Morgan fingerprint density at radius 3 is 2.44 bits per heavy atom. The summed E-state index contributed by atoms with van der Waals surface area (Å²) < 4.78 is 7.38. The van der Waals surface area contributed by atoms with E-state index < -0.39 is 0 Å². The fourth-order valence-corrected chi connectivity index (χ4v) is 4.74. The SMILES string of the molecule is COc1ccc(Cl)cc1NC(=O)CN(C)CC(=O)Nc1c(C#N)c(C)c(C)n1C1CCCCC1. The predicted octanol–water partition coefficient (Wildman–Crippen LogP) is 4.65. The van der Waals surface area contributed by atoms with E-state index in [1.165, 1.54) is 13.5 Å². The maximum absolute atomic E-state index is 12.9. The fourth-order valence-electron chi connectivity index (χ4n) is 4.57. The van der Waals surface area contributed by atoms with Gasteiger partial charge < -0.3 is 19.9 Å². The fraction of sp³-hybridized carbons (Fsp3) is 0.480. The molecule has 0 spiro atoms. The van der Waals surface area contributed by atoms with Gasteiger partial charge in [-0.1, -0.05) is 30.9 Å². The van der Waals surface area contributed by atoms with Crippen LogP contribution >= 0.6 is 11.6 Å². The second-order valence-electron chi connectivity index (χ2n) is 8.82. The van der Waals surface area contributed by atoms with Crippen LogP contribution < -0.4 is 15.4 Å². The summed E-state index contributed by atoms with van der Waals surface area (Å²) in [6.07, 6.45) is 5.58. The van der Waals surface area contributed by atoms with Gasteiger partial charge in [0.1, 0.15) is 17.6 Å². The maximum Gasteiger partial charge on any atom is 0.239 e. The number of nitrogens with one attached hydrogen (secondary N) is 2. The van der Waals surface area contributed by atoms with Crippen molar-refractivity contribution in [2.75, 3.05) is 37.9 Å². The molecule has 0 saturated heterocycles. The number of aromatic nitrogens is 1. The highest BCUT2D eigenvalue weighted by Crippen LogP contribution is 2.36. The minimum Gasteiger partial charge on any atom is -0.495 e. The Bertz CT molecular complexity index is 1100. The van der Waals surface area contributed by atoms with Gasteiger partial charge in [0.2, 0.25) is 11.8 Å². The number of anilines is 2. The lowest BCUT2D eigenvalue weighted by Gasteiger charge is -2.27. The number of hydrogen-bond donors (Lipinski definition) is 2. The molecule has 0 radical (unpaired) electrons. The Kier molecular flexibility index (Phi) is 8.59. The summed E-state index contributed by atoms with van der Waals surface area (Å²) in [5.74, 6) is 0.486. The van der Waals surface area contributed by atoms with E-state index in [0.29, 0.717) is 27.8 Å². The van der Waals surface area contributed by atoms with Crippen LogP contribution in [-0.4, -0.2) is 48.5 Å². The number of ether oxygens (including phenoxy) is 1. The van der Waals surface area contributed by atoms with E-state index >= 15 is 0 Å². The van der Waals surface area contributed by atoms with E-state index in [1.54, 1.807) is 30.1 Å². The molecule has 1 heterocycles. The first-order valence-electron chi connectivity index (χ1n) is 11.5. The first-order valence-corrected chi connectivity index (χ1v) is 11.9. The molecule has 1 aliphatic carbocycles. The third-order valence-electron chi connectivity index (χ3n) is 6.33. The Hall–Kier alpha value is -3.02. The summed E-state index contributed by atoms with van der Waals surface area (Å²) in [4.78, 5) is 27.0. The molecule has 0 unspecified atom stereocenters. The number of nitriles is 1. The van der Waals surface area contributed by atoms with Crippen molar-refractivity contribution in [3.8, 4) is 11.8 Å². The molecule has 0 aliphatic heterocycles. The molecule has 8 nitrogen and oxygen atoms in total. The summed E-state index contributed by atoms with van der Waals surface area (Å²) >= 11 is 6.02. The van der Waals surface area contributed by atoms with Crippen LogP contribution in [0.1, 0.15) is 55.0 Å². The van der Waals surface area contributed by atoms with Crippen LogP contribution in [0.15, 0.2) is 18.2 Å². The van der Waals surface area contributed by atoms with Gasteiger partial charge in [-0.2, -0.15) is 5.26 Å². The zero-order valence-electron chi connectivity index (χ0n) is 20.2. The van der Waals surface area contributed by atoms with Gasteiger partial charge in [0.15, 0.2) is 0 Å². The summed E-state index contributed by atoms with van der Waals surface area (Å²) in [7, 11) is 3.20. The minimum atomic E-state index is -0.300. The van der Waals surface area contributed by atoms with Crippen molar-refractivity contribution in [2.45, 2.75) is 52.0 Å². The first kappa shape index (κ1) is 25.6. The van der Waals surface area contributed by atoms with Crippen LogP contribution in [0.25, 0.3) is 0 Å². The van der Waals surface area contributed by atoms with Crippen LogP contribution in [0.3, 0.4) is 0 Å². The number of carbonyl (C=O) groups excluding carboxylic acids is 2. The Balaban J connectivity index is 1.66. The van der Waals surface area contributed by atoms with Gasteiger partial charge in [-0.05, 0) is 57.5 Å². The molecule has 0 atom stereocenters. The highest BCUT2D eigenvalue weighted by Gasteiger charge is 2.26. The molecule has 0 bridgehead atoms. The zero-order chi connectivity index (χ0) is 24.8. The largest absolute Gasteiger partial charge is 0.495 e. The molecule has 182 valence electrons. The Morgan fingerprint density at radius 2 is 1.82 bits per heavy atom. The van der Waals surface area contributed by atoms with Gasteiger partial charge in [-0.25, -0.2) is 0 Å². The van der Waals surface area contributed by atoms with Crippen molar-refractivity contribution in [1.29, 1.82) is 5.26 Å². The number of methoxy groups -OCH3 is 1. The first-order chi connectivity index (χ1) is 16.2. The molecule has 1 aromatic carbocycles. The molecule has 2 amide bonds. The lowest BCUT2D eigenvalue weighted by Crippen LogP contribution is -2.36. The third kappa shape index (κ3) is 5.91. The number of carbonyl (C=O) groups is 2. The lowest BCUT2D eigenvalue weighted by molar-refractivity contribution is -0.119. The van der Waals surface area contributed by atoms with E-state index in [4.69, 9.17) is 16.3 Å². The quantitative estimate of drug-likeness (QED) is 0.566. The Morgan fingerprint density at radius 1 is 1.18 bits per heavy atom. The second-order valence-corrected chi connectivity index (χ2v) is 9.26. The molecule has 1 saturated carbocycles. The van der Waals surface area contributed by atoms with E-state index in [2.05, 4.69) is 21.3 Å². The van der Waals surface area contributed by atoms with E-state index in [1.807, 2.05) is 13.8 Å². The van der Waals surface area contributed by atoms with Crippen LogP contribution in [0, 0.1) is 25.2 Å². The molecule has 1 aromatic heterocycles. The maximum atomic E-state index is 12.9. The molecule has 1 aliphatic rings. The van der Waals surface area contributed by atoms with Crippen LogP contribution in [-0.2, 0) is 9.59 Å². The molecule has 34 heavy (non-hydrogen) atoms. The molecule has 2 aromatic rings. The van der Waals surface area contributed by atoms with Crippen molar-refractivity contribution < 1.29 is 14.3 Å². The summed E-state index contributed by atoms with van der Waals surface area (Å²) in [5, 5.41) is 16.0. The van der Waals surface area contributed by atoms with Crippen molar-refractivity contribution in [3.05, 3.63) is 40.0 Å². The topological polar surface area (TPSA) is 99.4 Å². The van der Waals surface area contributed by atoms with Crippen LogP contribution in [0.4, 0.5) is 11.5 Å². The molecular formula is C25H32ClN5O3. The highest BCUT2D eigenvalue weighted by molar-refractivity contribution is 6.31. The van der Waals surface area contributed by atoms with Gasteiger partial charge >= 0.3 is 0 Å². The highest BCUT2D eigenvalue weighted by atomic mass is 35.5. The number of benzene rings is 1. The standard InChI is InChI=1S/C25H32ClN5O3/c1-16-17(2)31(19-8-6-5-7-9-19)25(20(16)13-27)29-24(33)15-30(3)14-23(32)28-21-12-18(26)10-11-22(21)34-4/h10-12,19H,5-9,14-15H2,1-4H3,(H,28,32)(H,29,33). The van der Waals surface area contributed by atoms with Gasteiger partial charge in [0.25, 0.3) is 0 Å². The molecular weight excluding hydrogens is 454 g/mol. The van der Waals surface area contributed by atoms with E-state index in [9.17, 15) is 14.9 Å². The number of nitrogens with zero attached hydrogens (tertiary/aromatic N) is 3. The lowest BCUT2D eigenvalue weighted by atomic mass is 9.95. The molecule has 1 fully saturated rings. The summed E-state index contributed by atoms with van der Waals surface area (Å²) in [6.45, 7) is 3.92. The second kappa shape index (κ2) is 11.4. The van der Waals surface area contributed by atoms with Crippen molar-refractivity contribution >= 4 is 34.9 Å². The number of halogens is 1. The number of amides is 2. The predicted molar refractivity (Wildman–Crippen MR) is 134 cm³/mol. The third-order valence-corrected chi connectivity index (χ3v) is 6.56. The van der Waals surface area contributed by atoms with Crippen molar-refractivity contribution in [1.82, 2.24) is 9.47 Å². The summed E-state index contributed by atoms with van der Waals surface area (Å²) in [6, 6.07) is 7.50. The monoisotopic (exact) mass is 485 g/mol. The van der Waals surface area contributed by atoms with Crippen molar-refractivity contribution in [3.63, 3.8) is 0 Å². The normalized spacial score (nSPS) is 14.0. The average molecular weight is 486 g/mol. The van der Waals surface area contributed by atoms with E-state index in [-0.39, 0.29) is 30.9 Å². The molecule has 2 N–H and O–H groups in total. The molecule has 3 rings (SSSR count). The number of rotatable bonds is 8. The van der Waals surface area contributed by atoms with Crippen LogP contribution in [0.5, 0.6) is 5.75 Å². The smallest absolute Gasteiger partial charge is 0.239 e. The van der Waals surface area contributed by atoms with Gasteiger partial charge in [-0.3, -0.25) is 14.5 Å². The van der Waals surface area contributed by atoms with Crippen LogP contribution in [0.2, 0.25) is 5.02 Å². The van der Waals surface area contributed by atoms with Gasteiger partial charge in [0, 0.05) is 16.8 Å². The summed E-state index contributed by atoms with van der Waals surface area (Å²) in [5.41, 5.74) is 2.88.